The van der Waals surface area contributed by atoms with E-state index in [0.29, 0.717) is 11.9 Å². The molecule has 1 saturated heterocycles. The molecule has 274 valence electrons. The molecule has 2 amide bonds. The molecule has 2 N–H and O–H groups in total. The number of piperidine rings is 1. The number of hydrogen-bond donors (Lipinski definition) is 2. The van der Waals surface area contributed by atoms with Crippen molar-refractivity contribution < 1.29 is 9.53 Å². The number of nitrogens with one attached hydrogen (secondary N) is 2. The molecule has 5 aromatic rings. The summed E-state index contributed by atoms with van der Waals surface area (Å²) in [5, 5.41) is 21.0. The van der Waals surface area contributed by atoms with Crippen molar-refractivity contribution >= 4 is 35.0 Å². The van der Waals surface area contributed by atoms with E-state index >= 15 is 0 Å². The second kappa shape index (κ2) is 14.8. The number of fused-ring (bicyclic) bond motifs is 2. The van der Waals surface area contributed by atoms with Crippen molar-refractivity contribution in [2.75, 3.05) is 37.4 Å². The molecule has 0 bridgehead atoms. The van der Waals surface area contributed by atoms with Gasteiger partial charge in [-0.3, -0.25) is 9.72 Å². The maximum atomic E-state index is 13.7. The van der Waals surface area contributed by atoms with Crippen molar-refractivity contribution in [2.24, 2.45) is 0 Å². The summed E-state index contributed by atoms with van der Waals surface area (Å²) in [6, 6.07) is 20.0. The Morgan fingerprint density at radius 2 is 1.81 bits per heavy atom. The molecule has 4 heterocycles. The highest BCUT2D eigenvalue weighted by Crippen LogP contribution is 2.39. The number of hydrogen-bond acceptors (Lipinski definition) is 7. The topological polar surface area (TPSA) is 105 Å². The molecular weight excluding hydrogens is 674 g/mol. The number of carbonyl (C=O) groups is 1. The average molecular weight is 724 g/mol. The van der Waals surface area contributed by atoms with E-state index in [9.17, 15) is 4.79 Å². The van der Waals surface area contributed by atoms with E-state index in [2.05, 4.69) is 76.5 Å². The van der Waals surface area contributed by atoms with Crippen molar-refractivity contribution in [3.63, 3.8) is 0 Å². The lowest BCUT2D eigenvalue weighted by atomic mass is 9.85. The molecule has 2 aromatic carbocycles. The zero-order valence-electron chi connectivity index (χ0n) is 31.1. The summed E-state index contributed by atoms with van der Waals surface area (Å²) in [7, 11) is 4.09. The summed E-state index contributed by atoms with van der Waals surface area (Å²) in [6.45, 7) is 10.4. The van der Waals surface area contributed by atoms with Crippen LogP contribution in [0.15, 0.2) is 66.9 Å². The van der Waals surface area contributed by atoms with Gasteiger partial charge < -0.3 is 19.9 Å². The van der Waals surface area contributed by atoms with Gasteiger partial charge in [0.05, 0.1) is 23.6 Å². The minimum absolute atomic E-state index is 0.161. The highest BCUT2D eigenvalue weighted by Gasteiger charge is 2.31. The van der Waals surface area contributed by atoms with Gasteiger partial charge in [0.2, 0.25) is 5.95 Å². The molecule has 3 atom stereocenters. The zero-order chi connectivity index (χ0) is 36.6. The molecule has 52 heavy (non-hydrogen) atoms. The fourth-order valence-electron chi connectivity index (χ4n) is 7.28. The number of carbonyl (C=O) groups excluding carboxylic acids is 1. The smallest absolute Gasteiger partial charge is 0.320 e. The van der Waals surface area contributed by atoms with Gasteiger partial charge in [0.1, 0.15) is 17.7 Å². The summed E-state index contributed by atoms with van der Waals surface area (Å²) < 4.78 is 10.5. The first-order chi connectivity index (χ1) is 24.9. The molecular formula is C40H50ClN9O2. The van der Waals surface area contributed by atoms with Crippen LogP contribution in [0.2, 0.25) is 5.02 Å². The standard InChI is InChI=1S/C40H50ClN9O2/c1-26-11-9-10-21-48(26)39-45-44-36-19-15-29(25-49(36)39)52-34-18-17-33(30-12-7-8-13-31(30)34)42-38(51)43-37-24-35(40(2,3)4)46-50(37)28-14-16-32(41)27(23-28)20-22-47(5)6/h7-8,12-16,19,23-26,33-34H,9-11,17-18,20-22H2,1-6H3,(H2,42,43,51)/t26-,33-,34+/m0/s1. The summed E-state index contributed by atoms with van der Waals surface area (Å²) >= 11 is 6.59. The average Bonchev–Trinajstić information content (AvgIpc) is 3.74. The Labute approximate surface area is 311 Å². The Morgan fingerprint density at radius 3 is 2.58 bits per heavy atom. The van der Waals surface area contributed by atoms with Crippen LogP contribution in [0.5, 0.6) is 5.75 Å². The molecule has 1 aliphatic heterocycles. The Morgan fingerprint density at radius 1 is 1.00 bits per heavy atom. The third-order valence-corrected chi connectivity index (χ3v) is 10.6. The maximum Gasteiger partial charge on any atom is 0.320 e. The molecule has 12 heteroatoms. The van der Waals surface area contributed by atoms with Gasteiger partial charge in [-0.15, -0.1) is 10.2 Å². The van der Waals surface area contributed by atoms with Gasteiger partial charge in [-0.25, -0.2) is 9.48 Å². The van der Waals surface area contributed by atoms with Gasteiger partial charge in [-0.1, -0.05) is 56.6 Å². The monoisotopic (exact) mass is 723 g/mol. The van der Waals surface area contributed by atoms with E-state index in [-0.39, 0.29) is 23.6 Å². The van der Waals surface area contributed by atoms with Gasteiger partial charge in [-0.2, -0.15) is 5.10 Å². The van der Waals surface area contributed by atoms with Crippen LogP contribution in [-0.2, 0) is 11.8 Å². The lowest BCUT2D eigenvalue weighted by molar-refractivity contribution is 0.171. The van der Waals surface area contributed by atoms with E-state index in [1.807, 2.05) is 67.2 Å². The molecule has 1 aliphatic carbocycles. The zero-order valence-corrected chi connectivity index (χ0v) is 31.8. The van der Waals surface area contributed by atoms with Gasteiger partial charge in [0, 0.05) is 35.6 Å². The van der Waals surface area contributed by atoms with Gasteiger partial charge in [-0.05, 0) is 107 Å². The fourth-order valence-corrected chi connectivity index (χ4v) is 7.49. The lowest BCUT2D eigenvalue weighted by Crippen LogP contribution is -2.38. The SMILES string of the molecule is C[C@H]1CCCCN1c1nnc2ccc(O[C@@H]3CC[C@H](NC(=O)Nc4cc(C(C)(C)C)nn4-c4ccc(Cl)c(CCN(C)C)c4)c4ccccc43)cn12. The van der Waals surface area contributed by atoms with Crippen LogP contribution in [0.3, 0.4) is 0 Å². The Bertz CT molecular complexity index is 2050. The summed E-state index contributed by atoms with van der Waals surface area (Å²) in [5.41, 5.74) is 5.45. The van der Waals surface area contributed by atoms with Crippen molar-refractivity contribution in [2.45, 2.75) is 89.8 Å². The number of aromatic nitrogens is 5. The first-order valence-electron chi connectivity index (χ1n) is 18.4. The summed E-state index contributed by atoms with van der Waals surface area (Å²) in [4.78, 5) is 18.2. The van der Waals surface area contributed by atoms with Crippen LogP contribution >= 0.6 is 11.6 Å². The Kier molecular flexibility index (Phi) is 10.2. The van der Waals surface area contributed by atoms with Crippen LogP contribution in [0.4, 0.5) is 16.6 Å². The van der Waals surface area contributed by atoms with Crippen LogP contribution in [-0.4, -0.2) is 68.5 Å². The van der Waals surface area contributed by atoms with E-state index in [1.165, 1.54) is 6.42 Å². The van der Waals surface area contributed by atoms with Crippen molar-refractivity contribution in [3.8, 4) is 11.4 Å². The van der Waals surface area contributed by atoms with Crippen molar-refractivity contribution in [3.05, 3.63) is 94.3 Å². The number of halogens is 1. The molecule has 3 aromatic heterocycles. The number of amides is 2. The van der Waals surface area contributed by atoms with Crippen molar-refractivity contribution in [1.29, 1.82) is 0 Å². The molecule has 0 unspecified atom stereocenters. The molecule has 0 spiro atoms. The predicted molar refractivity (Wildman–Crippen MR) is 207 cm³/mol. The minimum Gasteiger partial charge on any atom is -0.484 e. The second-order valence-electron chi connectivity index (χ2n) is 15.5. The third-order valence-electron chi connectivity index (χ3n) is 10.3. The van der Waals surface area contributed by atoms with Gasteiger partial charge >= 0.3 is 6.03 Å². The van der Waals surface area contributed by atoms with Crippen molar-refractivity contribution in [1.82, 2.24) is 34.6 Å². The van der Waals surface area contributed by atoms with Crippen LogP contribution in [0.1, 0.15) is 94.3 Å². The number of anilines is 2. The highest BCUT2D eigenvalue weighted by atomic mass is 35.5. The first kappa shape index (κ1) is 35.8. The normalized spacial score (nSPS) is 19.2. The van der Waals surface area contributed by atoms with E-state index in [0.717, 1.165) is 95.6 Å². The van der Waals surface area contributed by atoms with Gasteiger partial charge in [0.15, 0.2) is 5.65 Å². The number of pyridine rings is 1. The number of likely N-dealkylation sites (N-methyl/N-ethyl adjacent to an activating group) is 1. The number of urea groups is 1. The quantitative estimate of drug-likeness (QED) is 0.158. The third kappa shape index (κ3) is 7.61. The Hall–Kier alpha value is -4.61. The highest BCUT2D eigenvalue weighted by molar-refractivity contribution is 6.31. The van der Waals surface area contributed by atoms with Crippen LogP contribution in [0, 0.1) is 0 Å². The largest absolute Gasteiger partial charge is 0.484 e. The molecule has 11 nitrogen and oxygen atoms in total. The maximum absolute atomic E-state index is 13.7. The van der Waals surface area contributed by atoms with E-state index in [1.54, 1.807) is 4.68 Å². The van der Waals surface area contributed by atoms with E-state index in [4.69, 9.17) is 21.4 Å². The fraction of sp³-hybridized carbons (Fsp3) is 0.450. The van der Waals surface area contributed by atoms with Crippen LogP contribution < -0.4 is 20.3 Å². The predicted octanol–water partition coefficient (Wildman–Crippen LogP) is 8.13. The minimum atomic E-state index is -0.292. The molecule has 0 saturated carbocycles. The van der Waals surface area contributed by atoms with Gasteiger partial charge in [0.25, 0.3) is 0 Å². The second-order valence-corrected chi connectivity index (χ2v) is 15.9. The molecule has 7 rings (SSSR count). The summed E-state index contributed by atoms with van der Waals surface area (Å²) in [5.74, 6) is 2.22. The lowest BCUT2D eigenvalue weighted by Gasteiger charge is -2.33. The Balaban J connectivity index is 1.09. The van der Waals surface area contributed by atoms with Crippen LogP contribution in [0.25, 0.3) is 11.3 Å². The molecule has 1 fully saturated rings. The number of benzene rings is 2. The van der Waals surface area contributed by atoms with E-state index < -0.39 is 0 Å². The number of nitrogens with zero attached hydrogens (tertiary/aromatic N) is 7. The number of ether oxygens (including phenoxy) is 1. The number of rotatable bonds is 9. The molecule has 0 radical (unpaired) electrons. The summed E-state index contributed by atoms with van der Waals surface area (Å²) in [6.07, 6.45) is 7.66. The molecule has 2 aliphatic rings. The first-order valence-corrected chi connectivity index (χ1v) is 18.8.